The van der Waals surface area contributed by atoms with Crippen molar-refractivity contribution < 1.29 is 32.2 Å². The number of rotatable bonds is 5. The van der Waals surface area contributed by atoms with Gasteiger partial charge in [0, 0.05) is 19.6 Å². The normalized spacial score (nSPS) is 17.3. The van der Waals surface area contributed by atoms with Crippen LogP contribution >= 0.6 is 0 Å². The van der Waals surface area contributed by atoms with Gasteiger partial charge in [-0.3, -0.25) is 4.79 Å². The lowest BCUT2D eigenvalue weighted by Crippen LogP contribution is -2.48. The number of alkyl halides is 3. The molecule has 1 heterocycles. The fraction of sp³-hybridized carbons (Fsp3) is 0.444. The number of benzene rings is 2. The van der Waals surface area contributed by atoms with Gasteiger partial charge in [0.1, 0.15) is 11.6 Å². The van der Waals surface area contributed by atoms with Gasteiger partial charge in [-0.25, -0.2) is 4.79 Å². The summed E-state index contributed by atoms with van der Waals surface area (Å²) >= 11 is 0. The molecule has 2 aromatic rings. The smallest absolute Gasteiger partial charge is 0.416 e. The Balaban J connectivity index is 1.60. The molecule has 0 radical (unpaired) electrons. The monoisotopic (exact) mass is 517 g/mol. The maximum atomic E-state index is 12.9. The van der Waals surface area contributed by atoms with Crippen LogP contribution in [0, 0.1) is 11.3 Å². The van der Waals surface area contributed by atoms with E-state index < -0.39 is 41.5 Å². The van der Waals surface area contributed by atoms with Gasteiger partial charge in [-0.1, -0.05) is 36.4 Å². The van der Waals surface area contributed by atoms with Crippen molar-refractivity contribution in [3.05, 3.63) is 59.7 Å². The van der Waals surface area contributed by atoms with E-state index in [0.717, 1.165) is 23.3 Å². The summed E-state index contributed by atoms with van der Waals surface area (Å²) in [5.41, 5.74) is 0.733. The maximum absolute atomic E-state index is 12.9. The molecule has 7 nitrogen and oxygen atoms in total. The van der Waals surface area contributed by atoms with Gasteiger partial charge >= 0.3 is 12.3 Å². The Hall–Kier alpha value is -3.58. The first-order valence-corrected chi connectivity index (χ1v) is 11.9. The SMILES string of the molecule is CC(C)(C)OC(=O)N1CCCO[C@H](C(=O)N[C@H](C#N)Cc2ccc(-c3ccc(C(F)(F)F)cc3)cc2)C1. The zero-order chi connectivity index (χ0) is 27.2. The molecular formula is C27H30F3N3O4. The summed E-state index contributed by atoms with van der Waals surface area (Å²) in [4.78, 5) is 26.7. The van der Waals surface area contributed by atoms with Crippen LogP contribution in [0.3, 0.4) is 0 Å². The first-order valence-electron chi connectivity index (χ1n) is 11.9. The van der Waals surface area contributed by atoms with Gasteiger partial charge in [-0.05, 0) is 56.0 Å². The predicted molar refractivity (Wildman–Crippen MR) is 130 cm³/mol. The summed E-state index contributed by atoms with van der Waals surface area (Å²) in [6.45, 7) is 5.98. The second kappa shape index (κ2) is 11.6. The molecule has 1 aliphatic heterocycles. The van der Waals surface area contributed by atoms with E-state index in [2.05, 4.69) is 11.4 Å². The van der Waals surface area contributed by atoms with Gasteiger partial charge in [0.05, 0.1) is 18.2 Å². The van der Waals surface area contributed by atoms with Crippen LogP contribution in [0.1, 0.15) is 38.3 Å². The molecule has 2 atom stereocenters. The number of nitriles is 1. The molecular weight excluding hydrogens is 487 g/mol. The third kappa shape index (κ3) is 8.22. The number of halogens is 3. The summed E-state index contributed by atoms with van der Waals surface area (Å²) < 4.78 is 49.4. The summed E-state index contributed by atoms with van der Waals surface area (Å²) in [6.07, 6.45) is -5.09. The lowest BCUT2D eigenvalue weighted by molar-refractivity contribution is -0.137. The minimum atomic E-state index is -4.39. The van der Waals surface area contributed by atoms with Crippen LogP contribution < -0.4 is 5.32 Å². The molecule has 0 aromatic heterocycles. The highest BCUT2D eigenvalue weighted by Crippen LogP contribution is 2.31. The minimum Gasteiger partial charge on any atom is -0.444 e. The van der Waals surface area contributed by atoms with Crippen molar-refractivity contribution in [2.24, 2.45) is 0 Å². The van der Waals surface area contributed by atoms with Crippen molar-refractivity contribution in [1.29, 1.82) is 5.26 Å². The van der Waals surface area contributed by atoms with Crippen LogP contribution in [0.2, 0.25) is 0 Å². The average molecular weight is 518 g/mol. The van der Waals surface area contributed by atoms with Gasteiger partial charge in [0.2, 0.25) is 0 Å². The zero-order valence-electron chi connectivity index (χ0n) is 21.0. The molecule has 2 amide bonds. The number of hydrogen-bond donors (Lipinski definition) is 1. The number of ether oxygens (including phenoxy) is 2. The Labute approximate surface area is 214 Å². The van der Waals surface area contributed by atoms with E-state index in [1.807, 2.05) is 0 Å². The Morgan fingerprint density at radius 2 is 1.70 bits per heavy atom. The standard InChI is InChI=1S/C27H30F3N3O4/c1-26(2,3)37-25(35)33-13-4-14-36-23(17-33)24(34)32-22(16-31)15-18-5-7-19(8-6-18)20-9-11-21(12-10-20)27(28,29)30/h5-12,22-23H,4,13-15,17H2,1-3H3,(H,32,34)/t22-,23-/m0/s1. The second-order valence-corrected chi connectivity index (χ2v) is 9.81. The van der Waals surface area contributed by atoms with Crippen LogP contribution in [0.5, 0.6) is 0 Å². The second-order valence-electron chi connectivity index (χ2n) is 9.81. The molecule has 1 fully saturated rings. The van der Waals surface area contributed by atoms with E-state index in [1.165, 1.54) is 17.0 Å². The first-order chi connectivity index (χ1) is 17.4. The van der Waals surface area contributed by atoms with E-state index in [0.29, 0.717) is 25.1 Å². The lowest BCUT2D eigenvalue weighted by atomic mass is 10.00. The molecule has 1 saturated heterocycles. The van der Waals surface area contributed by atoms with Crippen LogP contribution in [0.25, 0.3) is 11.1 Å². The first kappa shape index (κ1) is 28.0. The highest BCUT2D eigenvalue weighted by atomic mass is 19.4. The quantitative estimate of drug-likeness (QED) is 0.606. The highest BCUT2D eigenvalue weighted by molar-refractivity contribution is 5.82. The van der Waals surface area contributed by atoms with Crippen LogP contribution in [0.15, 0.2) is 48.5 Å². The Morgan fingerprint density at radius 1 is 1.11 bits per heavy atom. The van der Waals surface area contributed by atoms with E-state index in [9.17, 15) is 28.0 Å². The average Bonchev–Trinajstić information content (AvgIpc) is 3.09. The number of nitrogens with zero attached hydrogens (tertiary/aromatic N) is 2. The van der Waals surface area contributed by atoms with Gasteiger partial charge < -0.3 is 19.7 Å². The summed E-state index contributed by atoms with van der Waals surface area (Å²) in [7, 11) is 0. The zero-order valence-corrected chi connectivity index (χ0v) is 21.0. The predicted octanol–water partition coefficient (Wildman–Crippen LogP) is 4.95. The molecule has 10 heteroatoms. The molecule has 1 N–H and O–H groups in total. The Morgan fingerprint density at radius 3 is 2.24 bits per heavy atom. The minimum absolute atomic E-state index is 0.0146. The van der Waals surface area contributed by atoms with Gasteiger partial charge in [-0.15, -0.1) is 0 Å². The number of hydrogen-bond acceptors (Lipinski definition) is 5. The fourth-order valence-corrected chi connectivity index (χ4v) is 3.79. The summed E-state index contributed by atoms with van der Waals surface area (Å²) in [5.74, 6) is -0.497. The Kier molecular flexibility index (Phi) is 8.81. The Bertz CT molecular complexity index is 1120. The molecule has 198 valence electrons. The van der Waals surface area contributed by atoms with Gasteiger partial charge in [0.15, 0.2) is 6.10 Å². The van der Waals surface area contributed by atoms with Gasteiger partial charge in [0.25, 0.3) is 5.91 Å². The third-order valence-electron chi connectivity index (χ3n) is 5.63. The molecule has 0 bridgehead atoms. The number of nitrogens with one attached hydrogen (secondary N) is 1. The summed E-state index contributed by atoms with van der Waals surface area (Å²) in [6, 6.07) is 13.1. The molecule has 0 saturated carbocycles. The van der Waals surface area contributed by atoms with Crippen molar-refractivity contribution >= 4 is 12.0 Å². The van der Waals surface area contributed by atoms with Crippen LogP contribution in [-0.4, -0.2) is 54.3 Å². The van der Waals surface area contributed by atoms with Crippen molar-refractivity contribution in [3.63, 3.8) is 0 Å². The van der Waals surface area contributed by atoms with Crippen LogP contribution in [-0.2, 0) is 26.9 Å². The molecule has 0 aliphatic carbocycles. The fourth-order valence-electron chi connectivity index (χ4n) is 3.79. The number of carbonyl (C=O) groups is 2. The molecule has 37 heavy (non-hydrogen) atoms. The summed E-state index contributed by atoms with van der Waals surface area (Å²) in [5, 5.41) is 12.3. The van der Waals surface area contributed by atoms with E-state index >= 15 is 0 Å². The van der Waals surface area contributed by atoms with Crippen molar-refractivity contribution in [3.8, 4) is 17.2 Å². The van der Waals surface area contributed by atoms with Crippen molar-refractivity contribution in [2.45, 2.75) is 57.5 Å². The van der Waals surface area contributed by atoms with Crippen molar-refractivity contribution in [2.75, 3.05) is 19.7 Å². The van der Waals surface area contributed by atoms with Gasteiger partial charge in [-0.2, -0.15) is 18.4 Å². The van der Waals surface area contributed by atoms with Crippen LogP contribution in [0.4, 0.5) is 18.0 Å². The third-order valence-corrected chi connectivity index (χ3v) is 5.63. The topological polar surface area (TPSA) is 91.7 Å². The molecule has 2 aromatic carbocycles. The lowest BCUT2D eigenvalue weighted by Gasteiger charge is -2.27. The molecule has 0 spiro atoms. The molecule has 0 unspecified atom stereocenters. The highest BCUT2D eigenvalue weighted by Gasteiger charge is 2.32. The maximum Gasteiger partial charge on any atom is 0.416 e. The molecule has 1 aliphatic rings. The number of carbonyl (C=O) groups excluding carboxylic acids is 2. The van der Waals surface area contributed by atoms with E-state index in [4.69, 9.17) is 9.47 Å². The largest absolute Gasteiger partial charge is 0.444 e. The van der Waals surface area contributed by atoms with E-state index in [1.54, 1.807) is 45.0 Å². The van der Waals surface area contributed by atoms with Crippen molar-refractivity contribution in [1.82, 2.24) is 10.2 Å². The van der Waals surface area contributed by atoms with E-state index in [-0.39, 0.29) is 13.0 Å². The number of amides is 2. The molecule has 3 rings (SSSR count).